The predicted octanol–water partition coefficient (Wildman–Crippen LogP) is 2.33. The highest BCUT2D eigenvalue weighted by molar-refractivity contribution is 7.89. The van der Waals surface area contributed by atoms with Crippen molar-refractivity contribution in [3.05, 3.63) is 59.5 Å². The van der Waals surface area contributed by atoms with Crippen molar-refractivity contribution in [3.8, 4) is 0 Å². The Kier molecular flexibility index (Phi) is 6.37. The summed E-state index contributed by atoms with van der Waals surface area (Å²) in [6.45, 7) is 4.53. The Bertz CT molecular complexity index is 1290. The number of aryl methyl sites for hydroxylation is 1. The summed E-state index contributed by atoms with van der Waals surface area (Å²) < 4.78 is 35.4. The molecule has 2 aliphatic rings. The van der Waals surface area contributed by atoms with Crippen molar-refractivity contribution in [3.63, 3.8) is 0 Å². The Morgan fingerprint density at radius 2 is 1.82 bits per heavy atom. The van der Waals surface area contributed by atoms with Crippen molar-refractivity contribution in [2.45, 2.75) is 37.0 Å². The number of morpholine rings is 1. The Morgan fingerprint density at radius 3 is 2.56 bits per heavy atom. The Hall–Kier alpha value is -2.82. The standard InChI is InChI=1S/C24H29N5O4S/c1-2-18-6-7-20(17-21(18)34(31,32)28-13-15-33-16-14-28)24(30)27-11-8-19(9-12-27)23-26-25-22-5-3-4-10-29(22)23/h3-7,10,17,19H,2,8-9,11-16H2,1H3. The molecule has 34 heavy (non-hydrogen) atoms. The molecule has 0 unspecified atom stereocenters. The molecule has 0 saturated carbocycles. The number of pyridine rings is 1. The number of likely N-dealkylation sites (tertiary alicyclic amines) is 1. The maximum atomic E-state index is 13.3. The number of aromatic nitrogens is 3. The van der Waals surface area contributed by atoms with Crippen molar-refractivity contribution < 1.29 is 17.9 Å². The molecule has 2 saturated heterocycles. The molecule has 2 aromatic heterocycles. The number of rotatable bonds is 5. The Labute approximate surface area is 199 Å². The molecule has 0 radical (unpaired) electrons. The van der Waals surface area contributed by atoms with E-state index in [2.05, 4.69) is 10.2 Å². The number of ether oxygens (including phenoxy) is 1. The molecule has 0 bridgehead atoms. The molecule has 2 fully saturated rings. The molecule has 10 heteroatoms. The molecule has 9 nitrogen and oxygen atoms in total. The summed E-state index contributed by atoms with van der Waals surface area (Å²) in [5, 5.41) is 8.63. The first-order valence-corrected chi connectivity index (χ1v) is 13.2. The molecule has 4 heterocycles. The van der Waals surface area contributed by atoms with Crippen LogP contribution in [0.4, 0.5) is 0 Å². The first-order valence-electron chi connectivity index (χ1n) is 11.8. The normalized spacial score (nSPS) is 18.4. The van der Waals surface area contributed by atoms with Crippen molar-refractivity contribution in [1.82, 2.24) is 23.8 Å². The van der Waals surface area contributed by atoms with Gasteiger partial charge in [0.2, 0.25) is 10.0 Å². The summed E-state index contributed by atoms with van der Waals surface area (Å²) >= 11 is 0. The van der Waals surface area contributed by atoms with Crippen molar-refractivity contribution in [2.75, 3.05) is 39.4 Å². The molecule has 5 rings (SSSR count). The molecular formula is C24H29N5O4S. The van der Waals surface area contributed by atoms with Gasteiger partial charge in [0.15, 0.2) is 5.65 Å². The number of nitrogens with zero attached hydrogens (tertiary/aromatic N) is 5. The fraction of sp³-hybridized carbons (Fsp3) is 0.458. The topological polar surface area (TPSA) is 97.1 Å². The smallest absolute Gasteiger partial charge is 0.253 e. The van der Waals surface area contributed by atoms with Crippen molar-refractivity contribution in [1.29, 1.82) is 0 Å². The van der Waals surface area contributed by atoms with Crippen LogP contribution in [0.15, 0.2) is 47.5 Å². The van der Waals surface area contributed by atoms with Gasteiger partial charge in [-0.1, -0.05) is 19.1 Å². The van der Waals surface area contributed by atoms with Crippen LogP contribution in [0.2, 0.25) is 0 Å². The molecule has 0 N–H and O–H groups in total. The lowest BCUT2D eigenvalue weighted by molar-refractivity contribution is 0.0709. The second kappa shape index (κ2) is 9.44. The molecule has 0 aliphatic carbocycles. The van der Waals surface area contributed by atoms with Gasteiger partial charge < -0.3 is 9.64 Å². The van der Waals surface area contributed by atoms with Gasteiger partial charge in [-0.2, -0.15) is 4.31 Å². The fourth-order valence-electron chi connectivity index (χ4n) is 4.81. The predicted molar refractivity (Wildman–Crippen MR) is 126 cm³/mol. The average molecular weight is 484 g/mol. The van der Waals surface area contributed by atoms with Crippen LogP contribution in [0, 0.1) is 0 Å². The van der Waals surface area contributed by atoms with E-state index >= 15 is 0 Å². The van der Waals surface area contributed by atoms with Crippen LogP contribution < -0.4 is 0 Å². The third-order valence-corrected chi connectivity index (χ3v) is 8.75. The van der Waals surface area contributed by atoms with Gasteiger partial charge in [-0.15, -0.1) is 10.2 Å². The van der Waals surface area contributed by atoms with E-state index < -0.39 is 10.0 Å². The van der Waals surface area contributed by atoms with Gasteiger partial charge in [-0.05, 0) is 49.1 Å². The highest BCUT2D eigenvalue weighted by Crippen LogP contribution is 2.29. The zero-order chi connectivity index (χ0) is 23.7. The number of amides is 1. The summed E-state index contributed by atoms with van der Waals surface area (Å²) in [5.74, 6) is 1.01. The number of piperidine rings is 1. The number of fused-ring (bicyclic) bond motifs is 1. The van der Waals surface area contributed by atoms with Crippen LogP contribution in [0.3, 0.4) is 0 Å². The molecule has 2 aliphatic heterocycles. The highest BCUT2D eigenvalue weighted by atomic mass is 32.2. The van der Waals surface area contributed by atoms with Gasteiger partial charge in [0.05, 0.1) is 18.1 Å². The summed E-state index contributed by atoms with van der Waals surface area (Å²) in [4.78, 5) is 15.4. The number of hydrogen-bond donors (Lipinski definition) is 0. The molecule has 1 aromatic carbocycles. The third kappa shape index (κ3) is 4.21. The first-order chi connectivity index (χ1) is 16.5. The summed E-state index contributed by atoms with van der Waals surface area (Å²) in [7, 11) is -3.69. The van der Waals surface area contributed by atoms with Gasteiger partial charge in [0.1, 0.15) is 5.82 Å². The van der Waals surface area contributed by atoms with E-state index in [0.29, 0.717) is 51.4 Å². The van der Waals surface area contributed by atoms with Gasteiger partial charge in [-0.3, -0.25) is 9.20 Å². The minimum atomic E-state index is -3.69. The SMILES string of the molecule is CCc1ccc(C(=O)N2CCC(c3nnc4ccccn34)CC2)cc1S(=O)(=O)N1CCOCC1. The number of sulfonamides is 1. The maximum absolute atomic E-state index is 13.3. The second-order valence-corrected chi connectivity index (χ2v) is 10.7. The fourth-order valence-corrected chi connectivity index (χ4v) is 6.54. The van der Waals surface area contributed by atoms with E-state index in [1.807, 2.05) is 40.6 Å². The molecule has 0 spiro atoms. The lowest BCUT2D eigenvalue weighted by atomic mass is 9.95. The third-order valence-electron chi connectivity index (χ3n) is 6.77. The Morgan fingerprint density at radius 1 is 1.06 bits per heavy atom. The number of benzene rings is 1. The monoisotopic (exact) mass is 483 g/mol. The minimum Gasteiger partial charge on any atom is -0.379 e. The quantitative estimate of drug-likeness (QED) is 0.553. The minimum absolute atomic E-state index is 0.134. The zero-order valence-electron chi connectivity index (χ0n) is 19.3. The van der Waals surface area contributed by atoms with Crippen LogP contribution in [0.1, 0.15) is 47.4 Å². The van der Waals surface area contributed by atoms with E-state index in [9.17, 15) is 13.2 Å². The van der Waals surface area contributed by atoms with Crippen LogP contribution in [0.5, 0.6) is 0 Å². The molecule has 0 atom stereocenters. The molecule has 3 aromatic rings. The molecular weight excluding hydrogens is 454 g/mol. The summed E-state index contributed by atoms with van der Waals surface area (Å²) in [6, 6.07) is 10.9. The average Bonchev–Trinajstić information content (AvgIpc) is 3.33. The van der Waals surface area contributed by atoms with E-state index in [1.54, 1.807) is 18.2 Å². The van der Waals surface area contributed by atoms with Crippen LogP contribution in [0.25, 0.3) is 5.65 Å². The van der Waals surface area contributed by atoms with Crippen molar-refractivity contribution >= 4 is 21.6 Å². The lowest BCUT2D eigenvalue weighted by Crippen LogP contribution is -2.41. The first kappa shape index (κ1) is 22.9. The molecule has 180 valence electrons. The zero-order valence-corrected chi connectivity index (χ0v) is 20.1. The van der Waals surface area contributed by atoms with E-state index in [0.717, 1.165) is 29.9 Å². The number of carbonyl (C=O) groups excluding carboxylic acids is 1. The maximum Gasteiger partial charge on any atom is 0.253 e. The largest absolute Gasteiger partial charge is 0.379 e. The number of hydrogen-bond acceptors (Lipinski definition) is 6. The van der Waals surface area contributed by atoms with E-state index in [1.165, 1.54) is 4.31 Å². The second-order valence-electron chi connectivity index (χ2n) is 8.75. The van der Waals surface area contributed by atoms with Crippen LogP contribution in [-0.2, 0) is 21.2 Å². The van der Waals surface area contributed by atoms with Gasteiger partial charge >= 0.3 is 0 Å². The van der Waals surface area contributed by atoms with Gasteiger partial charge in [-0.25, -0.2) is 8.42 Å². The van der Waals surface area contributed by atoms with Crippen LogP contribution >= 0.6 is 0 Å². The van der Waals surface area contributed by atoms with E-state index in [-0.39, 0.29) is 16.7 Å². The number of carbonyl (C=O) groups is 1. The summed E-state index contributed by atoms with van der Waals surface area (Å²) in [6.07, 6.45) is 4.11. The summed E-state index contributed by atoms with van der Waals surface area (Å²) in [5.41, 5.74) is 1.96. The van der Waals surface area contributed by atoms with E-state index in [4.69, 9.17) is 4.74 Å². The van der Waals surface area contributed by atoms with Gasteiger partial charge in [0, 0.05) is 43.9 Å². The Balaban J connectivity index is 1.33. The van der Waals surface area contributed by atoms with Gasteiger partial charge in [0.25, 0.3) is 5.91 Å². The van der Waals surface area contributed by atoms with Crippen molar-refractivity contribution in [2.24, 2.45) is 0 Å². The highest BCUT2D eigenvalue weighted by Gasteiger charge is 2.31. The molecule has 1 amide bonds. The van der Waals surface area contributed by atoms with Crippen LogP contribution in [-0.4, -0.2) is 77.5 Å². The lowest BCUT2D eigenvalue weighted by Gasteiger charge is -2.31.